The third-order valence-corrected chi connectivity index (χ3v) is 5.21. The molecule has 2 aliphatic rings. The van der Waals surface area contributed by atoms with Crippen LogP contribution in [-0.4, -0.2) is 60.9 Å². The molecule has 28 heavy (non-hydrogen) atoms. The number of aliphatic carboxylic acids is 1. The molecule has 2 saturated carbocycles. The summed E-state index contributed by atoms with van der Waals surface area (Å²) in [6, 6.07) is 5.26. The van der Waals surface area contributed by atoms with Gasteiger partial charge in [0.1, 0.15) is 0 Å². The number of nitrogens with one attached hydrogen (secondary N) is 2. The Morgan fingerprint density at radius 3 is 2.61 bits per heavy atom. The second-order valence-corrected chi connectivity index (χ2v) is 7.49. The van der Waals surface area contributed by atoms with E-state index in [1.165, 1.54) is 12.8 Å². The Balaban J connectivity index is 1.46. The summed E-state index contributed by atoms with van der Waals surface area (Å²) in [4.78, 5) is 25.4. The predicted octanol–water partition coefficient (Wildman–Crippen LogP) is 2.54. The molecule has 3 N–H and O–H groups in total. The highest BCUT2D eigenvalue weighted by Crippen LogP contribution is 2.34. The molecule has 2 fully saturated rings. The number of benzene rings is 1. The van der Waals surface area contributed by atoms with Crippen molar-refractivity contribution in [1.29, 1.82) is 0 Å². The van der Waals surface area contributed by atoms with Crippen molar-refractivity contribution in [1.82, 2.24) is 10.2 Å². The van der Waals surface area contributed by atoms with E-state index in [0.717, 1.165) is 19.4 Å². The zero-order valence-corrected chi connectivity index (χ0v) is 16.4. The lowest BCUT2D eigenvalue weighted by molar-refractivity contribution is -0.139. The quantitative estimate of drug-likeness (QED) is 0.567. The van der Waals surface area contributed by atoms with Gasteiger partial charge in [-0.1, -0.05) is 0 Å². The fourth-order valence-corrected chi connectivity index (χ4v) is 3.52. The van der Waals surface area contributed by atoms with Gasteiger partial charge in [0.25, 0.3) is 0 Å². The number of hydrogen-bond donors (Lipinski definition) is 3. The van der Waals surface area contributed by atoms with Crippen molar-refractivity contribution >= 4 is 17.7 Å². The lowest BCUT2D eigenvalue weighted by Gasteiger charge is -2.42. The molecule has 0 saturated heterocycles. The summed E-state index contributed by atoms with van der Waals surface area (Å²) in [5, 5.41) is 14.9. The molecule has 2 amide bonds. The molecular formula is C20H29N3O5. The van der Waals surface area contributed by atoms with E-state index in [1.807, 2.05) is 11.8 Å². The molecule has 1 aromatic carbocycles. The van der Waals surface area contributed by atoms with Crippen molar-refractivity contribution in [2.24, 2.45) is 5.92 Å². The van der Waals surface area contributed by atoms with Gasteiger partial charge in [-0.15, -0.1) is 0 Å². The molecule has 1 aromatic rings. The number of hydrogen-bond acceptors (Lipinski definition) is 5. The van der Waals surface area contributed by atoms with Gasteiger partial charge in [0.15, 0.2) is 11.5 Å². The van der Waals surface area contributed by atoms with Crippen molar-refractivity contribution in [2.45, 2.75) is 44.7 Å². The van der Waals surface area contributed by atoms with Crippen LogP contribution in [0.2, 0.25) is 0 Å². The van der Waals surface area contributed by atoms with Crippen LogP contribution in [0.3, 0.4) is 0 Å². The Labute approximate surface area is 165 Å². The average molecular weight is 391 g/mol. The lowest BCUT2D eigenvalue weighted by atomic mass is 9.85. The molecule has 0 spiro atoms. The fourth-order valence-electron chi connectivity index (χ4n) is 3.52. The van der Waals surface area contributed by atoms with Crippen molar-refractivity contribution in [3.05, 3.63) is 18.2 Å². The number of nitrogens with zero attached hydrogens (tertiary/aromatic N) is 1. The summed E-state index contributed by atoms with van der Waals surface area (Å²) >= 11 is 0. The van der Waals surface area contributed by atoms with E-state index < -0.39 is 5.97 Å². The summed E-state index contributed by atoms with van der Waals surface area (Å²) in [6.45, 7) is 3.35. The van der Waals surface area contributed by atoms with Crippen LogP contribution in [0.15, 0.2) is 18.2 Å². The predicted molar refractivity (Wildman–Crippen MR) is 105 cm³/mol. The van der Waals surface area contributed by atoms with E-state index in [9.17, 15) is 9.59 Å². The molecule has 0 radical (unpaired) electrons. The number of carbonyl (C=O) groups is 2. The van der Waals surface area contributed by atoms with Crippen LogP contribution < -0.4 is 20.1 Å². The Hall–Kier alpha value is -2.48. The first-order valence-corrected chi connectivity index (χ1v) is 9.82. The van der Waals surface area contributed by atoms with Gasteiger partial charge in [0, 0.05) is 30.4 Å². The molecule has 8 nitrogen and oxygen atoms in total. The number of carbonyl (C=O) groups excluding carboxylic acids is 1. The van der Waals surface area contributed by atoms with Crippen LogP contribution in [-0.2, 0) is 4.79 Å². The van der Waals surface area contributed by atoms with Crippen molar-refractivity contribution in [2.75, 3.05) is 32.1 Å². The van der Waals surface area contributed by atoms with Crippen molar-refractivity contribution in [3.63, 3.8) is 0 Å². The van der Waals surface area contributed by atoms with Gasteiger partial charge in [0.05, 0.1) is 20.3 Å². The zero-order chi connectivity index (χ0) is 20.1. The van der Waals surface area contributed by atoms with E-state index in [-0.39, 0.29) is 24.7 Å². The van der Waals surface area contributed by atoms with Gasteiger partial charge in [-0.2, -0.15) is 0 Å². The standard InChI is InChI=1S/C20H29N3O5/c1-3-28-17-7-6-14(10-18(17)27-2)21-20(26)22-15-8-16(9-15)23(12-19(24)25)11-13-4-5-13/h6-7,10,13,15-16H,3-5,8-9,11-12H2,1-2H3,(H,24,25)(H2,21,22,26). The minimum atomic E-state index is -0.792. The number of rotatable bonds is 10. The highest BCUT2D eigenvalue weighted by molar-refractivity contribution is 5.90. The molecule has 0 aromatic heterocycles. The van der Waals surface area contributed by atoms with Gasteiger partial charge < -0.3 is 25.2 Å². The number of amides is 2. The molecule has 0 heterocycles. The van der Waals surface area contributed by atoms with Gasteiger partial charge in [-0.3, -0.25) is 9.69 Å². The molecule has 0 bridgehead atoms. The zero-order valence-electron chi connectivity index (χ0n) is 16.4. The van der Waals surface area contributed by atoms with Crippen LogP contribution in [0, 0.1) is 5.92 Å². The van der Waals surface area contributed by atoms with E-state index in [1.54, 1.807) is 25.3 Å². The highest BCUT2D eigenvalue weighted by atomic mass is 16.5. The van der Waals surface area contributed by atoms with Gasteiger partial charge in [-0.05, 0) is 50.7 Å². The van der Waals surface area contributed by atoms with Gasteiger partial charge >= 0.3 is 12.0 Å². The molecule has 8 heteroatoms. The normalized spacial score (nSPS) is 21.0. The van der Waals surface area contributed by atoms with Crippen LogP contribution in [0.4, 0.5) is 10.5 Å². The number of anilines is 1. The molecule has 0 atom stereocenters. The summed E-state index contributed by atoms with van der Waals surface area (Å²) in [5.74, 6) is 1.04. The van der Waals surface area contributed by atoms with Crippen molar-refractivity contribution in [3.8, 4) is 11.5 Å². The Kier molecular flexibility index (Phi) is 6.61. The fraction of sp³-hybridized carbons (Fsp3) is 0.600. The summed E-state index contributed by atoms with van der Waals surface area (Å²) in [7, 11) is 1.56. The lowest BCUT2D eigenvalue weighted by Crippen LogP contribution is -2.55. The van der Waals surface area contributed by atoms with Gasteiger partial charge in [0.2, 0.25) is 0 Å². The van der Waals surface area contributed by atoms with E-state index in [2.05, 4.69) is 10.6 Å². The topological polar surface area (TPSA) is 100 Å². The first kappa shape index (κ1) is 20.3. The average Bonchev–Trinajstić information content (AvgIpc) is 3.42. The third kappa shape index (κ3) is 5.51. The molecule has 2 aliphatic carbocycles. The minimum absolute atomic E-state index is 0.0603. The number of ether oxygens (including phenoxy) is 2. The van der Waals surface area contributed by atoms with Crippen LogP contribution >= 0.6 is 0 Å². The number of carboxylic acids is 1. The van der Waals surface area contributed by atoms with E-state index in [0.29, 0.717) is 29.7 Å². The number of carboxylic acid groups (broad SMARTS) is 1. The van der Waals surface area contributed by atoms with E-state index >= 15 is 0 Å². The van der Waals surface area contributed by atoms with Crippen LogP contribution in [0.1, 0.15) is 32.6 Å². The minimum Gasteiger partial charge on any atom is -0.493 e. The second-order valence-electron chi connectivity index (χ2n) is 7.49. The Morgan fingerprint density at radius 2 is 2.00 bits per heavy atom. The summed E-state index contributed by atoms with van der Waals surface area (Å²) in [6.07, 6.45) is 3.94. The highest BCUT2D eigenvalue weighted by Gasteiger charge is 2.37. The largest absolute Gasteiger partial charge is 0.493 e. The maximum atomic E-state index is 12.3. The smallest absolute Gasteiger partial charge is 0.319 e. The molecule has 0 unspecified atom stereocenters. The summed E-state index contributed by atoms with van der Waals surface area (Å²) < 4.78 is 10.8. The van der Waals surface area contributed by atoms with E-state index in [4.69, 9.17) is 14.6 Å². The molecule has 3 rings (SSSR count). The third-order valence-electron chi connectivity index (χ3n) is 5.21. The number of urea groups is 1. The maximum absolute atomic E-state index is 12.3. The van der Waals surface area contributed by atoms with Crippen LogP contribution in [0.25, 0.3) is 0 Å². The monoisotopic (exact) mass is 391 g/mol. The number of methoxy groups -OCH3 is 1. The first-order chi connectivity index (χ1) is 13.5. The van der Waals surface area contributed by atoms with Gasteiger partial charge in [-0.25, -0.2) is 4.79 Å². The van der Waals surface area contributed by atoms with Crippen molar-refractivity contribution < 1.29 is 24.2 Å². The Bertz CT molecular complexity index is 701. The first-order valence-electron chi connectivity index (χ1n) is 9.82. The second kappa shape index (κ2) is 9.14. The molecule has 0 aliphatic heterocycles. The molecular weight excluding hydrogens is 362 g/mol. The Morgan fingerprint density at radius 1 is 1.25 bits per heavy atom. The maximum Gasteiger partial charge on any atom is 0.319 e. The SMILES string of the molecule is CCOc1ccc(NC(=O)NC2CC(N(CC(=O)O)CC3CC3)C2)cc1OC. The van der Waals surface area contributed by atoms with Crippen LogP contribution in [0.5, 0.6) is 11.5 Å². The summed E-state index contributed by atoms with van der Waals surface area (Å²) in [5.41, 5.74) is 0.620. The molecule has 154 valence electrons.